The van der Waals surface area contributed by atoms with Gasteiger partial charge in [-0.25, -0.2) is 4.79 Å². The lowest BCUT2D eigenvalue weighted by Gasteiger charge is -2.35. The minimum atomic E-state index is -1.26. The molecule has 26 heavy (non-hydrogen) atoms. The van der Waals surface area contributed by atoms with Crippen LogP contribution in [0.2, 0.25) is 0 Å². The van der Waals surface area contributed by atoms with Crippen LogP contribution in [-0.2, 0) is 33.3 Å². The van der Waals surface area contributed by atoms with Gasteiger partial charge in [0.05, 0.1) is 17.9 Å². The van der Waals surface area contributed by atoms with E-state index in [-0.39, 0.29) is 18.0 Å². The van der Waals surface area contributed by atoms with Crippen molar-refractivity contribution in [1.82, 2.24) is 0 Å². The van der Waals surface area contributed by atoms with Crippen LogP contribution in [0, 0.1) is 16.7 Å². The molecule has 2 heterocycles. The summed E-state index contributed by atoms with van der Waals surface area (Å²) in [6.07, 6.45) is 0.580. The van der Waals surface area contributed by atoms with Gasteiger partial charge in [-0.1, -0.05) is 13.8 Å². The Morgan fingerprint density at radius 1 is 1.19 bits per heavy atom. The second-order valence-corrected chi connectivity index (χ2v) is 8.88. The number of hydrogen-bond acceptors (Lipinski definition) is 7. The fourth-order valence-corrected chi connectivity index (χ4v) is 5.17. The van der Waals surface area contributed by atoms with Crippen LogP contribution < -0.4 is 0 Å². The van der Waals surface area contributed by atoms with Gasteiger partial charge in [0.1, 0.15) is 17.8 Å². The molecule has 4 aliphatic rings. The molecule has 2 saturated carbocycles. The highest BCUT2D eigenvalue weighted by atomic mass is 16.7. The number of carbonyl (C=O) groups excluding carboxylic acids is 3. The largest absolute Gasteiger partial charge is 0.466 e. The smallest absolute Gasteiger partial charge is 0.351 e. The lowest BCUT2D eigenvalue weighted by molar-refractivity contribution is -0.188. The number of hydrogen-bond donors (Lipinski definition) is 0. The molecule has 2 bridgehead atoms. The summed E-state index contributed by atoms with van der Waals surface area (Å²) in [6, 6.07) is 0. The highest BCUT2D eigenvalue weighted by Gasteiger charge is 2.77. The first-order valence-corrected chi connectivity index (χ1v) is 9.32. The van der Waals surface area contributed by atoms with Crippen molar-refractivity contribution in [2.75, 3.05) is 6.61 Å². The van der Waals surface area contributed by atoms with Crippen molar-refractivity contribution in [1.29, 1.82) is 0 Å². The molecule has 2 aliphatic heterocycles. The second kappa shape index (κ2) is 5.00. The number of epoxide rings is 1. The zero-order chi connectivity index (χ0) is 19.1. The normalized spacial score (nSPS) is 47.3. The molecule has 2 saturated heterocycles. The fraction of sp³-hybridized carbons (Fsp3) is 0.842. The zero-order valence-electron chi connectivity index (χ0n) is 15.9. The highest BCUT2D eigenvalue weighted by molar-refractivity contribution is 5.93. The highest BCUT2D eigenvalue weighted by Crippen LogP contribution is 2.66. The van der Waals surface area contributed by atoms with Gasteiger partial charge in [-0.05, 0) is 33.6 Å². The molecule has 0 aromatic heterocycles. The molecular weight excluding hydrogens is 340 g/mol. The zero-order valence-corrected chi connectivity index (χ0v) is 15.9. The molecule has 0 aromatic carbocycles. The van der Waals surface area contributed by atoms with Crippen molar-refractivity contribution in [2.24, 2.45) is 16.7 Å². The first-order chi connectivity index (χ1) is 12.0. The molecule has 4 fully saturated rings. The molecule has 144 valence electrons. The molecule has 0 N–H and O–H groups in total. The summed E-state index contributed by atoms with van der Waals surface area (Å²) in [6.45, 7) is 9.53. The van der Waals surface area contributed by atoms with Crippen LogP contribution in [0.4, 0.5) is 0 Å². The minimum absolute atomic E-state index is 0.298. The Balaban J connectivity index is 1.52. The van der Waals surface area contributed by atoms with Crippen molar-refractivity contribution >= 4 is 17.9 Å². The van der Waals surface area contributed by atoms with Crippen LogP contribution in [0.3, 0.4) is 0 Å². The Morgan fingerprint density at radius 3 is 2.42 bits per heavy atom. The fourth-order valence-electron chi connectivity index (χ4n) is 5.17. The van der Waals surface area contributed by atoms with E-state index in [1.807, 2.05) is 27.7 Å². The van der Waals surface area contributed by atoms with Crippen LogP contribution in [-0.4, -0.2) is 47.9 Å². The maximum atomic E-state index is 13.1. The van der Waals surface area contributed by atoms with E-state index in [4.69, 9.17) is 18.9 Å². The molecule has 0 amide bonds. The van der Waals surface area contributed by atoms with Crippen molar-refractivity contribution in [3.05, 3.63) is 0 Å². The average Bonchev–Trinajstić information content (AvgIpc) is 3.06. The molecule has 4 rings (SSSR count). The topological polar surface area (TPSA) is 91.4 Å². The maximum absolute atomic E-state index is 13.1. The van der Waals surface area contributed by atoms with Gasteiger partial charge in [-0.2, -0.15) is 0 Å². The first kappa shape index (κ1) is 17.8. The summed E-state index contributed by atoms with van der Waals surface area (Å²) < 4.78 is 22.2. The number of fused-ring (bicyclic) bond motifs is 3. The maximum Gasteiger partial charge on any atom is 0.351 e. The molecule has 0 aromatic rings. The van der Waals surface area contributed by atoms with Crippen LogP contribution in [0.1, 0.15) is 53.9 Å². The van der Waals surface area contributed by atoms with E-state index in [2.05, 4.69) is 0 Å². The Hall–Kier alpha value is -1.63. The Morgan fingerprint density at radius 2 is 1.88 bits per heavy atom. The molecule has 7 nitrogen and oxygen atoms in total. The van der Waals surface area contributed by atoms with Crippen LogP contribution in [0.5, 0.6) is 0 Å². The van der Waals surface area contributed by atoms with Crippen LogP contribution in [0.25, 0.3) is 0 Å². The lowest BCUT2D eigenvalue weighted by Crippen LogP contribution is -2.50. The van der Waals surface area contributed by atoms with Gasteiger partial charge in [0.2, 0.25) is 5.60 Å². The van der Waals surface area contributed by atoms with Gasteiger partial charge in [0.25, 0.3) is 0 Å². The Kier molecular flexibility index (Phi) is 3.42. The van der Waals surface area contributed by atoms with Crippen molar-refractivity contribution in [2.45, 2.75) is 77.3 Å². The summed E-state index contributed by atoms with van der Waals surface area (Å²) >= 11 is 0. The molecule has 0 unspecified atom stereocenters. The third kappa shape index (κ3) is 1.85. The van der Waals surface area contributed by atoms with Gasteiger partial charge in [-0.3, -0.25) is 9.59 Å². The number of esters is 3. The number of carbonyl (C=O) groups is 3. The summed E-state index contributed by atoms with van der Waals surface area (Å²) in [5.74, 6) is -1.63. The molecular formula is C19H26O7. The predicted octanol–water partition coefficient (Wildman–Crippen LogP) is 1.76. The van der Waals surface area contributed by atoms with E-state index in [1.54, 1.807) is 6.92 Å². The van der Waals surface area contributed by atoms with Gasteiger partial charge in [0, 0.05) is 11.8 Å². The van der Waals surface area contributed by atoms with Crippen LogP contribution in [0.15, 0.2) is 0 Å². The molecule has 7 heteroatoms. The molecule has 0 spiro atoms. The molecule has 0 radical (unpaired) electrons. The van der Waals surface area contributed by atoms with Crippen LogP contribution >= 0.6 is 0 Å². The minimum Gasteiger partial charge on any atom is -0.466 e. The quantitative estimate of drug-likeness (QED) is 0.425. The third-order valence-corrected chi connectivity index (χ3v) is 7.63. The summed E-state index contributed by atoms with van der Waals surface area (Å²) in [5.41, 5.74) is -3.23. The van der Waals surface area contributed by atoms with Gasteiger partial charge >= 0.3 is 17.9 Å². The summed E-state index contributed by atoms with van der Waals surface area (Å²) in [5, 5.41) is 0. The van der Waals surface area contributed by atoms with Crippen molar-refractivity contribution in [3.8, 4) is 0 Å². The second-order valence-electron chi connectivity index (χ2n) is 8.88. The van der Waals surface area contributed by atoms with E-state index in [0.717, 1.165) is 0 Å². The molecule has 2 aliphatic carbocycles. The van der Waals surface area contributed by atoms with E-state index in [0.29, 0.717) is 25.9 Å². The van der Waals surface area contributed by atoms with Gasteiger partial charge in [0.15, 0.2) is 0 Å². The van der Waals surface area contributed by atoms with E-state index in [1.165, 1.54) is 0 Å². The number of rotatable bonds is 4. The SMILES string of the molecule is CCOC(=O)[C@H]1C[C@@H](OC(=O)[C@@]23CC[C@@](C)(C(=O)O2)C3(C)C)[C@@H]2O[C@]12C. The van der Waals surface area contributed by atoms with E-state index in [9.17, 15) is 14.4 Å². The predicted molar refractivity (Wildman–Crippen MR) is 87.8 cm³/mol. The third-order valence-electron chi connectivity index (χ3n) is 7.63. The lowest BCUT2D eigenvalue weighted by atomic mass is 9.66. The summed E-state index contributed by atoms with van der Waals surface area (Å²) in [4.78, 5) is 37.6. The standard InChI is InChI=1S/C19H26O7/c1-6-23-13(20)10-9-11(12-18(10,5)25-12)24-15(22)19-8-7-17(4,14(21)26-19)16(19,2)3/h10-12H,6-9H2,1-5H3/t10-,11-,12+,17+,18-,19-/m1/s1. The van der Waals surface area contributed by atoms with Gasteiger partial charge < -0.3 is 18.9 Å². The average molecular weight is 366 g/mol. The first-order valence-electron chi connectivity index (χ1n) is 9.32. The molecule has 6 atom stereocenters. The number of ether oxygens (including phenoxy) is 4. The monoisotopic (exact) mass is 366 g/mol. The van der Waals surface area contributed by atoms with E-state index >= 15 is 0 Å². The van der Waals surface area contributed by atoms with Gasteiger partial charge in [-0.15, -0.1) is 0 Å². The summed E-state index contributed by atoms with van der Waals surface area (Å²) in [7, 11) is 0. The van der Waals surface area contributed by atoms with E-state index < -0.39 is 40.0 Å². The van der Waals surface area contributed by atoms with Crippen molar-refractivity contribution in [3.63, 3.8) is 0 Å². The van der Waals surface area contributed by atoms with Crippen molar-refractivity contribution < 1.29 is 33.3 Å². The Labute approximate surface area is 152 Å². The Bertz CT molecular complexity index is 700.